The lowest BCUT2D eigenvalue weighted by molar-refractivity contribution is -0.140. The van der Waals surface area contributed by atoms with E-state index in [1.54, 1.807) is 7.11 Å². The van der Waals surface area contributed by atoms with Crippen LogP contribution in [0.4, 0.5) is 0 Å². The van der Waals surface area contributed by atoms with Crippen molar-refractivity contribution in [1.82, 2.24) is 4.90 Å². The van der Waals surface area contributed by atoms with Gasteiger partial charge in [0.15, 0.2) is 0 Å². The highest BCUT2D eigenvalue weighted by Crippen LogP contribution is 2.19. The second kappa shape index (κ2) is 5.32. The zero-order valence-corrected chi connectivity index (χ0v) is 8.90. The van der Waals surface area contributed by atoms with Gasteiger partial charge in [0, 0.05) is 26.7 Å². The van der Waals surface area contributed by atoms with Crippen molar-refractivity contribution in [2.45, 2.75) is 25.9 Å². The smallest absolute Gasteiger partial charge is 0.306 e. The number of ether oxygens (including phenoxy) is 1. The van der Waals surface area contributed by atoms with Crippen LogP contribution >= 0.6 is 0 Å². The Kier molecular flexibility index (Phi) is 4.35. The summed E-state index contributed by atoms with van der Waals surface area (Å²) in [6.45, 7) is 5.12. The van der Waals surface area contributed by atoms with Gasteiger partial charge in [0.05, 0.1) is 12.5 Å². The first-order valence-electron chi connectivity index (χ1n) is 5.12. The van der Waals surface area contributed by atoms with Gasteiger partial charge >= 0.3 is 5.97 Å². The van der Waals surface area contributed by atoms with Gasteiger partial charge in [-0.15, -0.1) is 0 Å². The van der Waals surface area contributed by atoms with Crippen LogP contribution < -0.4 is 0 Å². The summed E-state index contributed by atoms with van der Waals surface area (Å²) in [6.07, 6.45) is 1.15. The normalized spacial score (nSPS) is 20.4. The van der Waals surface area contributed by atoms with Crippen LogP contribution in [0.25, 0.3) is 0 Å². The number of methoxy groups -OCH3 is 1. The number of carboxylic acids is 1. The molecule has 4 heteroatoms. The molecule has 0 spiro atoms. The molecule has 14 heavy (non-hydrogen) atoms. The molecule has 1 N–H and O–H groups in total. The molecule has 0 aromatic rings. The van der Waals surface area contributed by atoms with Gasteiger partial charge in [0.1, 0.15) is 0 Å². The van der Waals surface area contributed by atoms with Crippen LogP contribution in [0, 0.1) is 5.92 Å². The minimum absolute atomic E-state index is 0.101. The van der Waals surface area contributed by atoms with E-state index in [9.17, 15) is 4.79 Å². The van der Waals surface area contributed by atoms with Gasteiger partial charge in [-0.1, -0.05) is 13.3 Å². The average Bonchev–Trinajstić information content (AvgIpc) is 2.07. The first kappa shape index (κ1) is 11.5. The van der Waals surface area contributed by atoms with Crippen molar-refractivity contribution >= 4 is 5.97 Å². The van der Waals surface area contributed by atoms with Gasteiger partial charge in [-0.2, -0.15) is 0 Å². The third-order valence-corrected chi connectivity index (χ3v) is 2.81. The molecule has 1 saturated heterocycles. The van der Waals surface area contributed by atoms with E-state index in [4.69, 9.17) is 9.84 Å². The van der Waals surface area contributed by atoms with Crippen molar-refractivity contribution in [2.24, 2.45) is 5.92 Å². The Morgan fingerprint density at radius 3 is 2.71 bits per heavy atom. The lowest BCUT2D eigenvalue weighted by Crippen LogP contribution is -2.49. The molecule has 0 bridgehead atoms. The van der Waals surface area contributed by atoms with Crippen molar-refractivity contribution in [3.63, 3.8) is 0 Å². The Hall–Kier alpha value is -0.610. The quantitative estimate of drug-likeness (QED) is 0.691. The lowest BCUT2D eigenvalue weighted by atomic mass is 9.97. The van der Waals surface area contributed by atoms with Crippen molar-refractivity contribution in [3.05, 3.63) is 0 Å². The molecule has 82 valence electrons. The molecule has 0 radical (unpaired) electrons. The number of hydrogen-bond donors (Lipinski definition) is 1. The van der Waals surface area contributed by atoms with E-state index in [1.807, 2.05) is 0 Å². The fourth-order valence-electron chi connectivity index (χ4n) is 1.79. The molecule has 0 amide bonds. The number of carbonyl (C=O) groups is 1. The molecule has 0 aromatic heterocycles. The summed E-state index contributed by atoms with van der Waals surface area (Å²) in [5.41, 5.74) is 0. The molecule has 1 atom stereocenters. The molecule has 0 saturated carbocycles. The number of aliphatic carboxylic acids is 1. The molecule has 1 unspecified atom stereocenters. The highest BCUT2D eigenvalue weighted by atomic mass is 16.5. The van der Waals surface area contributed by atoms with Gasteiger partial charge in [-0.05, 0) is 5.92 Å². The maximum absolute atomic E-state index is 10.5. The first-order chi connectivity index (χ1) is 6.65. The summed E-state index contributed by atoms with van der Waals surface area (Å²) >= 11 is 0. The van der Waals surface area contributed by atoms with E-state index in [0.29, 0.717) is 0 Å². The minimum atomic E-state index is -0.788. The maximum atomic E-state index is 10.5. The van der Waals surface area contributed by atoms with Gasteiger partial charge in [-0.3, -0.25) is 4.79 Å². The summed E-state index contributed by atoms with van der Waals surface area (Å²) in [5, 5.41) is 8.62. The lowest BCUT2D eigenvalue weighted by Gasteiger charge is -2.40. The van der Waals surface area contributed by atoms with Crippen LogP contribution in [0.5, 0.6) is 0 Å². The largest absolute Gasteiger partial charge is 0.481 e. The number of nitrogens with zero attached hydrogens (tertiary/aromatic N) is 1. The van der Waals surface area contributed by atoms with Gasteiger partial charge in [-0.25, -0.2) is 0 Å². The SMILES string of the molecule is CCC1CN(CC(CC(=O)O)OC)C1. The molecule has 0 aliphatic carbocycles. The second-order valence-electron chi connectivity index (χ2n) is 3.95. The summed E-state index contributed by atoms with van der Waals surface area (Å²) < 4.78 is 5.11. The minimum Gasteiger partial charge on any atom is -0.481 e. The van der Waals surface area contributed by atoms with Gasteiger partial charge < -0.3 is 14.7 Å². The van der Waals surface area contributed by atoms with Crippen LogP contribution in [0.1, 0.15) is 19.8 Å². The Bertz CT molecular complexity index is 190. The zero-order valence-electron chi connectivity index (χ0n) is 8.90. The number of carboxylic acid groups (broad SMARTS) is 1. The summed E-state index contributed by atoms with van der Waals surface area (Å²) in [7, 11) is 1.57. The molecular weight excluding hydrogens is 182 g/mol. The third kappa shape index (κ3) is 3.27. The van der Waals surface area contributed by atoms with Gasteiger partial charge in [0.2, 0.25) is 0 Å². The standard InChI is InChI=1S/C10H19NO3/c1-3-8-5-11(6-8)7-9(14-2)4-10(12)13/h8-9H,3-7H2,1-2H3,(H,12,13). The third-order valence-electron chi connectivity index (χ3n) is 2.81. The van der Waals surface area contributed by atoms with E-state index in [0.717, 1.165) is 25.6 Å². The molecule has 0 aromatic carbocycles. The van der Waals surface area contributed by atoms with Crippen molar-refractivity contribution in [2.75, 3.05) is 26.7 Å². The Morgan fingerprint density at radius 1 is 1.64 bits per heavy atom. The molecule has 1 rings (SSSR count). The fraction of sp³-hybridized carbons (Fsp3) is 0.900. The molecule has 1 heterocycles. The van der Waals surface area contributed by atoms with E-state index < -0.39 is 5.97 Å². The highest BCUT2D eigenvalue weighted by molar-refractivity contribution is 5.67. The monoisotopic (exact) mass is 201 g/mol. The Labute approximate surface area is 84.8 Å². The number of rotatable bonds is 6. The van der Waals surface area contributed by atoms with E-state index in [1.165, 1.54) is 6.42 Å². The highest BCUT2D eigenvalue weighted by Gasteiger charge is 2.27. The van der Waals surface area contributed by atoms with E-state index >= 15 is 0 Å². The second-order valence-corrected chi connectivity index (χ2v) is 3.95. The van der Waals surface area contributed by atoms with E-state index in [-0.39, 0.29) is 12.5 Å². The van der Waals surface area contributed by atoms with Crippen LogP contribution in [0.2, 0.25) is 0 Å². The predicted octanol–water partition coefficient (Wildman–Crippen LogP) is 0.818. The zero-order chi connectivity index (χ0) is 10.6. The summed E-state index contributed by atoms with van der Waals surface area (Å²) in [5.74, 6) is 0.0155. The molecule has 1 fully saturated rings. The molecule has 1 aliphatic rings. The topological polar surface area (TPSA) is 49.8 Å². The van der Waals surface area contributed by atoms with Crippen LogP contribution in [-0.4, -0.2) is 48.8 Å². The molecule has 4 nitrogen and oxygen atoms in total. The number of hydrogen-bond acceptors (Lipinski definition) is 3. The van der Waals surface area contributed by atoms with Crippen LogP contribution in [0.15, 0.2) is 0 Å². The van der Waals surface area contributed by atoms with Crippen molar-refractivity contribution < 1.29 is 14.6 Å². The van der Waals surface area contributed by atoms with Crippen molar-refractivity contribution in [1.29, 1.82) is 0 Å². The predicted molar refractivity (Wildman–Crippen MR) is 53.3 cm³/mol. The maximum Gasteiger partial charge on any atom is 0.306 e. The van der Waals surface area contributed by atoms with Crippen LogP contribution in [0.3, 0.4) is 0 Å². The Balaban J connectivity index is 2.18. The average molecular weight is 201 g/mol. The van der Waals surface area contributed by atoms with Crippen LogP contribution in [-0.2, 0) is 9.53 Å². The summed E-state index contributed by atoms with van der Waals surface area (Å²) in [6, 6.07) is 0. The fourth-order valence-corrected chi connectivity index (χ4v) is 1.79. The van der Waals surface area contributed by atoms with E-state index in [2.05, 4.69) is 11.8 Å². The molecular formula is C10H19NO3. The molecule has 1 aliphatic heterocycles. The Morgan fingerprint density at radius 2 is 2.29 bits per heavy atom. The number of likely N-dealkylation sites (tertiary alicyclic amines) is 1. The van der Waals surface area contributed by atoms with Gasteiger partial charge in [0.25, 0.3) is 0 Å². The summed E-state index contributed by atoms with van der Waals surface area (Å²) in [4.78, 5) is 12.7. The van der Waals surface area contributed by atoms with Crippen molar-refractivity contribution in [3.8, 4) is 0 Å². The first-order valence-corrected chi connectivity index (χ1v) is 5.12.